The maximum atomic E-state index is 5.09. The molecule has 1 unspecified atom stereocenters. The van der Waals surface area contributed by atoms with Crippen LogP contribution in [0.25, 0.3) is 0 Å². The van der Waals surface area contributed by atoms with Crippen LogP contribution in [0.1, 0.15) is 13.8 Å². The maximum absolute atomic E-state index is 5.09. The molecule has 10 heavy (non-hydrogen) atoms. The summed E-state index contributed by atoms with van der Waals surface area (Å²) in [6, 6.07) is 0.407. The van der Waals surface area contributed by atoms with Crippen molar-refractivity contribution in [2.75, 3.05) is 20.7 Å². The van der Waals surface area contributed by atoms with Gasteiger partial charge in [0.25, 0.3) is 0 Å². The Bertz CT molecular complexity index is 68.6. The molecular formula is C7H16LiNO. The second-order valence-electron chi connectivity index (χ2n) is 2.30. The fourth-order valence-electron chi connectivity index (χ4n) is 0.357. The fourth-order valence-corrected chi connectivity index (χ4v) is 0.357. The van der Waals surface area contributed by atoms with E-state index in [1.807, 2.05) is 27.6 Å². The van der Waals surface area contributed by atoms with E-state index in [-0.39, 0.29) is 18.9 Å². The second-order valence-corrected chi connectivity index (χ2v) is 2.30. The van der Waals surface area contributed by atoms with Gasteiger partial charge in [0.1, 0.15) is 0 Å². The predicted molar refractivity (Wildman–Crippen MR) is 39.1 cm³/mol. The molecule has 3 heteroatoms. The van der Waals surface area contributed by atoms with Gasteiger partial charge < -0.3 is 9.64 Å². The molecule has 0 aliphatic heterocycles. The van der Waals surface area contributed by atoms with Crippen LogP contribution in [-0.2, 0) is 4.74 Å². The minimum absolute atomic E-state index is 0. The summed E-state index contributed by atoms with van der Waals surface area (Å²) in [6.07, 6.45) is 0. The summed E-state index contributed by atoms with van der Waals surface area (Å²) in [5.41, 5.74) is 0. The van der Waals surface area contributed by atoms with Crippen LogP contribution in [0.2, 0.25) is 0 Å². The van der Waals surface area contributed by atoms with E-state index in [1.165, 1.54) is 0 Å². The van der Waals surface area contributed by atoms with E-state index in [2.05, 4.69) is 11.8 Å². The topological polar surface area (TPSA) is 12.5 Å². The molecule has 0 aliphatic rings. The summed E-state index contributed by atoms with van der Waals surface area (Å²) in [7, 11) is 4.06. The molecule has 0 heterocycles. The molecule has 0 spiro atoms. The molecule has 0 bridgehead atoms. The van der Waals surface area contributed by atoms with Gasteiger partial charge in [0.15, 0.2) is 0 Å². The molecule has 0 saturated heterocycles. The molecule has 0 saturated carbocycles. The Morgan fingerprint density at radius 1 is 1.50 bits per heavy atom. The molecule has 0 aromatic carbocycles. The summed E-state index contributed by atoms with van der Waals surface area (Å²) in [6.45, 7) is 6.69. The van der Waals surface area contributed by atoms with Crippen molar-refractivity contribution in [3.05, 3.63) is 6.61 Å². The molecule has 0 aromatic rings. The standard InChI is InChI=1S/C7H16NO.Li/c1-5-9-6-7(2)8(3)4;/h6-7H,5H2,1-4H3;/q-1;+1. The van der Waals surface area contributed by atoms with Gasteiger partial charge in [-0.2, -0.15) is 6.61 Å². The van der Waals surface area contributed by atoms with Gasteiger partial charge in [-0.1, -0.05) is 13.0 Å². The molecule has 0 rings (SSSR count). The molecule has 0 radical (unpaired) electrons. The summed E-state index contributed by atoms with van der Waals surface area (Å²) >= 11 is 0. The van der Waals surface area contributed by atoms with Crippen LogP contribution in [0.5, 0.6) is 0 Å². The van der Waals surface area contributed by atoms with Gasteiger partial charge in [-0.3, -0.25) is 0 Å². The monoisotopic (exact) mass is 137 g/mol. The van der Waals surface area contributed by atoms with E-state index >= 15 is 0 Å². The molecule has 0 amide bonds. The Morgan fingerprint density at radius 2 is 2.00 bits per heavy atom. The van der Waals surface area contributed by atoms with Crippen molar-refractivity contribution in [2.24, 2.45) is 0 Å². The third-order valence-electron chi connectivity index (χ3n) is 1.27. The van der Waals surface area contributed by atoms with E-state index < -0.39 is 0 Å². The third-order valence-corrected chi connectivity index (χ3v) is 1.27. The first-order valence-corrected chi connectivity index (χ1v) is 3.29. The molecule has 0 fully saturated rings. The summed E-state index contributed by atoms with van der Waals surface area (Å²) in [5.74, 6) is 0. The Morgan fingerprint density at radius 3 is 2.30 bits per heavy atom. The Hall–Kier alpha value is 0.517. The summed E-state index contributed by atoms with van der Waals surface area (Å²) in [5, 5.41) is 0. The van der Waals surface area contributed by atoms with E-state index in [0.717, 1.165) is 6.61 Å². The zero-order valence-electron chi connectivity index (χ0n) is 7.72. The quantitative estimate of drug-likeness (QED) is 0.333. The second kappa shape index (κ2) is 7.62. The molecule has 56 valence electrons. The van der Waals surface area contributed by atoms with Gasteiger partial charge in [0.2, 0.25) is 0 Å². The number of rotatable bonds is 4. The normalized spacial score (nSPS) is 12.9. The average Bonchev–Trinajstić information content (AvgIpc) is 1.82. The fraction of sp³-hybridized carbons (Fsp3) is 0.857. The van der Waals surface area contributed by atoms with Gasteiger partial charge in [-0.15, -0.1) is 0 Å². The summed E-state index contributed by atoms with van der Waals surface area (Å²) < 4.78 is 5.09. The number of ether oxygens (including phenoxy) is 1. The molecule has 0 N–H and O–H groups in total. The molecule has 0 aromatic heterocycles. The van der Waals surface area contributed by atoms with Gasteiger partial charge in [-0.05, 0) is 21.0 Å². The Labute approximate surface area is 76.1 Å². The van der Waals surface area contributed by atoms with Crippen LogP contribution < -0.4 is 18.9 Å². The van der Waals surface area contributed by atoms with Gasteiger partial charge >= 0.3 is 18.9 Å². The van der Waals surface area contributed by atoms with Crippen molar-refractivity contribution in [3.8, 4) is 0 Å². The molecular weight excluding hydrogens is 121 g/mol. The number of nitrogens with zero attached hydrogens (tertiary/aromatic N) is 1. The van der Waals surface area contributed by atoms with Crippen molar-refractivity contribution in [3.63, 3.8) is 0 Å². The van der Waals surface area contributed by atoms with E-state index in [0.29, 0.717) is 6.04 Å². The zero-order chi connectivity index (χ0) is 7.28. The first-order valence-electron chi connectivity index (χ1n) is 3.29. The van der Waals surface area contributed by atoms with Gasteiger partial charge in [-0.25, -0.2) is 0 Å². The number of hydrogen-bond donors (Lipinski definition) is 0. The van der Waals surface area contributed by atoms with Crippen molar-refractivity contribution < 1.29 is 23.6 Å². The van der Waals surface area contributed by atoms with Crippen molar-refractivity contribution in [1.29, 1.82) is 0 Å². The van der Waals surface area contributed by atoms with Crippen LogP contribution in [0.15, 0.2) is 0 Å². The molecule has 2 nitrogen and oxygen atoms in total. The van der Waals surface area contributed by atoms with E-state index in [1.54, 1.807) is 0 Å². The average molecular weight is 137 g/mol. The third kappa shape index (κ3) is 6.63. The number of hydrogen-bond acceptors (Lipinski definition) is 2. The molecule has 0 aliphatic carbocycles. The largest absolute Gasteiger partial charge is 1.00 e. The van der Waals surface area contributed by atoms with E-state index in [9.17, 15) is 0 Å². The van der Waals surface area contributed by atoms with Crippen molar-refractivity contribution in [2.45, 2.75) is 19.9 Å². The minimum atomic E-state index is 0. The van der Waals surface area contributed by atoms with Crippen LogP contribution >= 0.6 is 0 Å². The maximum Gasteiger partial charge on any atom is 1.00 e. The van der Waals surface area contributed by atoms with Crippen LogP contribution in [0.3, 0.4) is 0 Å². The predicted octanol–water partition coefficient (Wildman–Crippen LogP) is -1.86. The summed E-state index contributed by atoms with van der Waals surface area (Å²) in [4.78, 5) is 2.09. The van der Waals surface area contributed by atoms with Crippen molar-refractivity contribution >= 4 is 0 Å². The Balaban J connectivity index is 0. The van der Waals surface area contributed by atoms with Crippen LogP contribution in [0.4, 0.5) is 0 Å². The Kier molecular flexibility index (Phi) is 10.0. The van der Waals surface area contributed by atoms with Crippen molar-refractivity contribution in [1.82, 2.24) is 4.90 Å². The van der Waals surface area contributed by atoms with Crippen LogP contribution in [-0.4, -0.2) is 31.6 Å². The SMILES string of the molecule is CCO[CH-]C(C)N(C)C.[Li+]. The van der Waals surface area contributed by atoms with Gasteiger partial charge in [0.05, 0.1) is 0 Å². The number of likely N-dealkylation sites (N-methyl/N-ethyl adjacent to an activating group) is 1. The zero-order valence-corrected chi connectivity index (χ0v) is 7.72. The molecule has 1 atom stereocenters. The van der Waals surface area contributed by atoms with Gasteiger partial charge in [0, 0.05) is 6.61 Å². The van der Waals surface area contributed by atoms with E-state index in [4.69, 9.17) is 4.74 Å². The van der Waals surface area contributed by atoms with Crippen LogP contribution in [0, 0.1) is 6.61 Å². The minimum Gasteiger partial charge on any atom is -0.551 e. The first-order chi connectivity index (χ1) is 4.18. The smallest absolute Gasteiger partial charge is 0.551 e. The first kappa shape index (κ1) is 13.1.